The van der Waals surface area contributed by atoms with Crippen LogP contribution in [0.25, 0.3) is 0 Å². The molecule has 6 nitrogen and oxygen atoms in total. The van der Waals surface area contributed by atoms with Gasteiger partial charge < -0.3 is 10.1 Å². The molecule has 0 radical (unpaired) electrons. The highest BCUT2D eigenvalue weighted by Crippen LogP contribution is 2.24. The van der Waals surface area contributed by atoms with Crippen LogP contribution in [0.3, 0.4) is 0 Å². The molecule has 6 heteroatoms. The highest BCUT2D eigenvalue weighted by atomic mass is 16.5. The number of carbonyl (C=O) groups excluding carboxylic acids is 3. The summed E-state index contributed by atoms with van der Waals surface area (Å²) in [5, 5.41) is 4.97. The first-order chi connectivity index (χ1) is 13.5. The first-order valence-electron chi connectivity index (χ1n) is 8.65. The lowest BCUT2D eigenvalue weighted by atomic mass is 10.1. The molecule has 1 aliphatic rings. The van der Waals surface area contributed by atoms with Gasteiger partial charge in [-0.05, 0) is 67.1 Å². The molecule has 0 fully saturated rings. The van der Waals surface area contributed by atoms with Crippen molar-refractivity contribution in [1.82, 2.24) is 5.32 Å². The molecule has 0 saturated heterocycles. The number of benzene rings is 3. The molecule has 2 N–H and O–H groups in total. The third-order valence-electron chi connectivity index (χ3n) is 4.34. The van der Waals surface area contributed by atoms with E-state index >= 15 is 0 Å². The molecule has 0 aliphatic carbocycles. The largest absolute Gasteiger partial charge is 0.457 e. The molecular weight excluding hydrogens is 356 g/mol. The molecule has 0 unspecified atom stereocenters. The Balaban J connectivity index is 1.46. The number of fused-ring (bicyclic) bond motifs is 1. The van der Waals surface area contributed by atoms with Gasteiger partial charge in [0.2, 0.25) is 0 Å². The monoisotopic (exact) mass is 372 g/mol. The van der Waals surface area contributed by atoms with Crippen molar-refractivity contribution < 1.29 is 19.1 Å². The number of ether oxygens (including phenoxy) is 1. The van der Waals surface area contributed by atoms with Gasteiger partial charge >= 0.3 is 0 Å². The van der Waals surface area contributed by atoms with Gasteiger partial charge in [0.05, 0.1) is 11.1 Å². The predicted molar refractivity (Wildman–Crippen MR) is 104 cm³/mol. The van der Waals surface area contributed by atoms with E-state index in [9.17, 15) is 14.4 Å². The summed E-state index contributed by atoms with van der Waals surface area (Å²) in [5.41, 5.74) is 2.47. The van der Waals surface area contributed by atoms with Crippen molar-refractivity contribution in [3.63, 3.8) is 0 Å². The van der Waals surface area contributed by atoms with Crippen molar-refractivity contribution in [1.29, 1.82) is 0 Å². The van der Waals surface area contributed by atoms with E-state index in [2.05, 4.69) is 10.6 Å². The van der Waals surface area contributed by atoms with Crippen molar-refractivity contribution in [2.45, 2.75) is 6.92 Å². The maximum absolute atomic E-state index is 12.5. The van der Waals surface area contributed by atoms with E-state index < -0.39 is 11.8 Å². The summed E-state index contributed by atoms with van der Waals surface area (Å²) in [4.78, 5) is 35.8. The van der Waals surface area contributed by atoms with Crippen LogP contribution in [0.5, 0.6) is 11.5 Å². The highest BCUT2D eigenvalue weighted by Gasteiger charge is 2.27. The second kappa shape index (κ2) is 7.00. The fraction of sp³-hybridized carbons (Fsp3) is 0.0455. The summed E-state index contributed by atoms with van der Waals surface area (Å²) in [7, 11) is 0. The Morgan fingerprint density at radius 2 is 1.61 bits per heavy atom. The zero-order chi connectivity index (χ0) is 19.7. The molecule has 3 aromatic rings. The van der Waals surface area contributed by atoms with Crippen LogP contribution >= 0.6 is 0 Å². The highest BCUT2D eigenvalue weighted by molar-refractivity contribution is 6.22. The van der Waals surface area contributed by atoms with E-state index in [-0.39, 0.29) is 17.0 Å². The van der Waals surface area contributed by atoms with E-state index in [1.54, 1.807) is 24.3 Å². The molecule has 0 atom stereocenters. The Morgan fingerprint density at radius 3 is 2.36 bits per heavy atom. The zero-order valence-corrected chi connectivity index (χ0v) is 15.0. The Hall–Kier alpha value is -3.93. The maximum Gasteiger partial charge on any atom is 0.258 e. The van der Waals surface area contributed by atoms with Gasteiger partial charge in [-0.3, -0.25) is 19.7 Å². The normalized spacial score (nSPS) is 12.3. The molecule has 0 spiro atoms. The molecule has 0 bridgehead atoms. The molecule has 0 aromatic heterocycles. The van der Waals surface area contributed by atoms with Crippen LogP contribution in [0.15, 0.2) is 66.7 Å². The number of rotatable bonds is 4. The van der Waals surface area contributed by atoms with Crippen molar-refractivity contribution in [3.8, 4) is 11.5 Å². The maximum atomic E-state index is 12.5. The predicted octanol–water partition coefficient (Wildman–Crippen LogP) is 3.92. The number of amides is 3. The quantitative estimate of drug-likeness (QED) is 0.680. The number of carbonyl (C=O) groups is 3. The summed E-state index contributed by atoms with van der Waals surface area (Å²) < 4.78 is 5.79. The number of aryl methyl sites for hydroxylation is 1. The third-order valence-corrected chi connectivity index (χ3v) is 4.34. The fourth-order valence-corrected chi connectivity index (χ4v) is 2.93. The Labute approximate surface area is 161 Å². The number of nitrogens with one attached hydrogen (secondary N) is 2. The van der Waals surface area contributed by atoms with Crippen LogP contribution in [0.1, 0.15) is 36.6 Å². The van der Waals surface area contributed by atoms with Crippen LogP contribution in [0.4, 0.5) is 5.69 Å². The lowest BCUT2D eigenvalue weighted by Gasteiger charge is -2.09. The minimum Gasteiger partial charge on any atom is -0.457 e. The topological polar surface area (TPSA) is 84.5 Å². The molecule has 4 rings (SSSR count). The average Bonchev–Trinajstić information content (AvgIpc) is 2.97. The van der Waals surface area contributed by atoms with E-state index in [1.165, 1.54) is 18.2 Å². The lowest BCUT2D eigenvalue weighted by Crippen LogP contribution is -2.19. The Morgan fingerprint density at radius 1 is 0.857 bits per heavy atom. The number of hydrogen-bond donors (Lipinski definition) is 2. The average molecular weight is 372 g/mol. The minimum atomic E-state index is -0.493. The van der Waals surface area contributed by atoms with Crippen molar-refractivity contribution in [2.24, 2.45) is 0 Å². The van der Waals surface area contributed by atoms with Crippen LogP contribution in [0.2, 0.25) is 0 Å². The van der Waals surface area contributed by atoms with Crippen LogP contribution in [-0.2, 0) is 0 Å². The second-order valence-electron chi connectivity index (χ2n) is 6.44. The van der Waals surface area contributed by atoms with Gasteiger partial charge in [0.15, 0.2) is 0 Å². The first kappa shape index (κ1) is 17.5. The van der Waals surface area contributed by atoms with Crippen molar-refractivity contribution in [2.75, 3.05) is 5.32 Å². The molecular formula is C22H16N2O4. The lowest BCUT2D eigenvalue weighted by molar-refractivity contribution is 0.0879. The number of hydrogen-bond acceptors (Lipinski definition) is 4. The fourth-order valence-electron chi connectivity index (χ4n) is 2.93. The molecule has 138 valence electrons. The summed E-state index contributed by atoms with van der Waals surface area (Å²) >= 11 is 0. The van der Waals surface area contributed by atoms with Gasteiger partial charge in [-0.25, -0.2) is 0 Å². The van der Waals surface area contributed by atoms with Crippen LogP contribution in [0, 0.1) is 6.92 Å². The summed E-state index contributed by atoms with van der Waals surface area (Å²) in [6, 6.07) is 19.1. The van der Waals surface area contributed by atoms with Crippen molar-refractivity contribution >= 4 is 23.4 Å². The van der Waals surface area contributed by atoms with Gasteiger partial charge in [0.25, 0.3) is 17.7 Å². The molecule has 1 aliphatic heterocycles. The van der Waals surface area contributed by atoms with Crippen molar-refractivity contribution in [3.05, 3.63) is 89.0 Å². The standard InChI is InChI=1S/C22H16N2O4/c1-13-3-2-4-17(11-13)28-16-8-6-15(7-9-16)23-20(25)14-5-10-18-19(12-14)22(27)24-21(18)26/h2-12H,1H3,(H,23,25)(H,24,26,27). The van der Waals surface area contributed by atoms with Gasteiger partial charge in [-0.15, -0.1) is 0 Å². The summed E-state index contributed by atoms with van der Waals surface area (Å²) in [5.74, 6) is 0.0739. The van der Waals surface area contributed by atoms with Gasteiger partial charge in [-0.2, -0.15) is 0 Å². The Kier molecular flexibility index (Phi) is 4.37. The van der Waals surface area contributed by atoms with Gasteiger partial charge in [0, 0.05) is 11.3 Å². The Bertz CT molecular complexity index is 1100. The smallest absolute Gasteiger partial charge is 0.258 e. The molecule has 3 aromatic carbocycles. The SMILES string of the molecule is Cc1cccc(Oc2ccc(NC(=O)c3ccc4c(c3)C(=O)NC4=O)cc2)c1. The van der Waals surface area contributed by atoms with Gasteiger partial charge in [0.1, 0.15) is 11.5 Å². The third kappa shape index (κ3) is 3.48. The van der Waals surface area contributed by atoms with E-state index in [0.29, 0.717) is 17.0 Å². The second-order valence-corrected chi connectivity index (χ2v) is 6.44. The first-order valence-corrected chi connectivity index (χ1v) is 8.65. The van der Waals surface area contributed by atoms with Crippen LogP contribution < -0.4 is 15.4 Å². The van der Waals surface area contributed by atoms with E-state index in [4.69, 9.17) is 4.74 Å². The van der Waals surface area contributed by atoms with Gasteiger partial charge in [-0.1, -0.05) is 12.1 Å². The molecule has 0 saturated carbocycles. The summed E-state index contributed by atoms with van der Waals surface area (Å²) in [6.45, 7) is 1.99. The molecule has 3 amide bonds. The van der Waals surface area contributed by atoms with E-state index in [0.717, 1.165) is 11.3 Å². The van der Waals surface area contributed by atoms with Crippen LogP contribution in [-0.4, -0.2) is 17.7 Å². The zero-order valence-electron chi connectivity index (χ0n) is 15.0. The molecule has 1 heterocycles. The molecule has 28 heavy (non-hydrogen) atoms. The minimum absolute atomic E-state index is 0.208. The number of imide groups is 1. The summed E-state index contributed by atoms with van der Waals surface area (Å²) in [6.07, 6.45) is 0. The van der Waals surface area contributed by atoms with E-state index in [1.807, 2.05) is 31.2 Å². The number of anilines is 1.